The van der Waals surface area contributed by atoms with E-state index in [1.165, 1.54) is 0 Å². The van der Waals surface area contributed by atoms with Gasteiger partial charge in [0.25, 0.3) is 0 Å². The first-order valence-electron chi connectivity index (χ1n) is 6.95. The number of aryl methyl sites for hydroxylation is 1. The molecule has 2 rings (SSSR count). The van der Waals surface area contributed by atoms with Crippen LogP contribution in [0.25, 0.3) is 0 Å². The Hall–Kier alpha value is -1.07. The maximum atomic E-state index is 12.0. The first-order valence-corrected chi connectivity index (χ1v) is 6.95. The zero-order valence-corrected chi connectivity index (χ0v) is 13.6. The van der Waals surface area contributed by atoms with Crippen molar-refractivity contribution in [2.45, 2.75) is 38.8 Å². The molecule has 1 fully saturated rings. The zero-order chi connectivity index (χ0) is 14.0. The molecule has 0 aromatic carbocycles. The second-order valence-corrected chi connectivity index (χ2v) is 5.76. The van der Waals surface area contributed by atoms with Gasteiger partial charge in [0.15, 0.2) is 0 Å². The second-order valence-electron chi connectivity index (χ2n) is 5.76. The summed E-state index contributed by atoms with van der Waals surface area (Å²) in [5, 5.41) is 0. The molecule has 1 aliphatic heterocycles. The van der Waals surface area contributed by atoms with Crippen molar-refractivity contribution in [3.05, 3.63) is 18.2 Å². The number of carbonyl (C=O) groups excluding carboxylic acids is 1. The van der Waals surface area contributed by atoms with E-state index in [9.17, 15) is 4.79 Å². The fourth-order valence-electron chi connectivity index (χ4n) is 2.37. The van der Waals surface area contributed by atoms with Gasteiger partial charge in [-0.2, -0.15) is 0 Å². The van der Waals surface area contributed by atoms with Gasteiger partial charge in [-0.15, -0.1) is 12.4 Å². The van der Waals surface area contributed by atoms with Crippen molar-refractivity contribution in [2.75, 3.05) is 27.2 Å². The van der Waals surface area contributed by atoms with Gasteiger partial charge in [-0.05, 0) is 27.9 Å². The summed E-state index contributed by atoms with van der Waals surface area (Å²) in [4.78, 5) is 20.5. The summed E-state index contributed by atoms with van der Waals surface area (Å²) in [6, 6.07) is 0.927. The SMILES string of the molecule is CC(C)n1ccnc1CCC(=O)N1CC(N(C)C)C1.Cl. The molecule has 0 aliphatic carbocycles. The molecule has 0 N–H and O–H groups in total. The van der Waals surface area contributed by atoms with Gasteiger partial charge in [-0.1, -0.05) is 0 Å². The first-order chi connectivity index (χ1) is 8.99. The average molecular weight is 301 g/mol. The Morgan fingerprint density at radius 1 is 1.45 bits per heavy atom. The largest absolute Gasteiger partial charge is 0.339 e. The van der Waals surface area contributed by atoms with Crippen LogP contribution < -0.4 is 0 Å². The molecule has 0 bridgehead atoms. The van der Waals surface area contributed by atoms with Crippen LogP contribution in [-0.4, -0.2) is 58.5 Å². The van der Waals surface area contributed by atoms with Crippen molar-refractivity contribution in [3.63, 3.8) is 0 Å². The molecule has 6 heteroatoms. The molecule has 1 amide bonds. The first kappa shape index (κ1) is 17.0. The van der Waals surface area contributed by atoms with E-state index in [0.717, 1.165) is 25.3 Å². The maximum absolute atomic E-state index is 12.0. The molecule has 1 aliphatic rings. The van der Waals surface area contributed by atoms with Crippen LogP contribution in [0.2, 0.25) is 0 Å². The highest BCUT2D eigenvalue weighted by Crippen LogP contribution is 2.15. The molecule has 1 saturated heterocycles. The topological polar surface area (TPSA) is 41.4 Å². The van der Waals surface area contributed by atoms with Crippen molar-refractivity contribution >= 4 is 18.3 Å². The van der Waals surface area contributed by atoms with Crippen LogP contribution >= 0.6 is 12.4 Å². The summed E-state index contributed by atoms with van der Waals surface area (Å²) in [5.74, 6) is 1.25. The molecule has 5 nitrogen and oxygen atoms in total. The Bertz CT molecular complexity index is 438. The van der Waals surface area contributed by atoms with Crippen molar-refractivity contribution in [2.24, 2.45) is 0 Å². The smallest absolute Gasteiger partial charge is 0.223 e. The molecule has 0 atom stereocenters. The Balaban J connectivity index is 0.00000200. The third kappa shape index (κ3) is 3.73. The molecule has 0 saturated carbocycles. The van der Waals surface area contributed by atoms with E-state index in [1.54, 1.807) is 0 Å². The van der Waals surface area contributed by atoms with Crippen LogP contribution in [0.15, 0.2) is 12.4 Å². The third-order valence-corrected chi connectivity index (χ3v) is 3.81. The molecular formula is C14H25ClN4O. The number of hydrogen-bond acceptors (Lipinski definition) is 3. The van der Waals surface area contributed by atoms with Gasteiger partial charge in [-0.3, -0.25) is 4.79 Å². The number of hydrogen-bond donors (Lipinski definition) is 0. The van der Waals surface area contributed by atoms with Crippen LogP contribution in [0.4, 0.5) is 0 Å². The highest BCUT2D eigenvalue weighted by atomic mass is 35.5. The number of halogens is 1. The standard InChI is InChI=1S/C14H24N4O.ClH/c1-11(2)18-8-7-15-13(18)5-6-14(19)17-9-12(10-17)16(3)4;/h7-8,11-12H,5-6,9-10H2,1-4H3;1H. The minimum absolute atomic E-state index is 0. The Morgan fingerprint density at radius 3 is 2.65 bits per heavy atom. The summed E-state index contributed by atoms with van der Waals surface area (Å²) in [6.45, 7) is 5.99. The lowest BCUT2D eigenvalue weighted by Crippen LogP contribution is -2.59. The summed E-state index contributed by atoms with van der Waals surface area (Å²) < 4.78 is 2.13. The number of nitrogens with zero attached hydrogens (tertiary/aromatic N) is 4. The zero-order valence-electron chi connectivity index (χ0n) is 12.7. The lowest BCUT2D eigenvalue weighted by Gasteiger charge is -2.42. The van der Waals surface area contributed by atoms with E-state index >= 15 is 0 Å². The van der Waals surface area contributed by atoms with Crippen molar-refractivity contribution in [3.8, 4) is 0 Å². The van der Waals surface area contributed by atoms with Crippen molar-refractivity contribution < 1.29 is 4.79 Å². The summed E-state index contributed by atoms with van der Waals surface area (Å²) >= 11 is 0. The van der Waals surface area contributed by atoms with Crippen molar-refractivity contribution in [1.82, 2.24) is 19.4 Å². The fraction of sp³-hybridized carbons (Fsp3) is 0.714. The monoisotopic (exact) mass is 300 g/mol. The van der Waals surface area contributed by atoms with E-state index < -0.39 is 0 Å². The molecule has 0 spiro atoms. The number of likely N-dealkylation sites (N-methyl/N-ethyl adjacent to an activating group) is 1. The second kappa shape index (κ2) is 7.09. The number of imidazole rings is 1. The molecular weight excluding hydrogens is 276 g/mol. The lowest BCUT2D eigenvalue weighted by molar-refractivity contribution is -0.137. The molecule has 20 heavy (non-hydrogen) atoms. The van der Waals surface area contributed by atoms with Crippen LogP contribution in [0.5, 0.6) is 0 Å². The number of carbonyl (C=O) groups is 1. The number of rotatable bonds is 5. The predicted molar refractivity (Wildman–Crippen MR) is 82.2 cm³/mol. The van der Waals surface area contributed by atoms with Crippen LogP contribution in [0.3, 0.4) is 0 Å². The summed E-state index contributed by atoms with van der Waals surface area (Å²) in [7, 11) is 4.12. The van der Waals surface area contributed by atoms with E-state index in [0.29, 0.717) is 18.5 Å². The third-order valence-electron chi connectivity index (χ3n) is 3.81. The van der Waals surface area contributed by atoms with E-state index in [-0.39, 0.29) is 18.3 Å². The molecule has 114 valence electrons. The van der Waals surface area contributed by atoms with Gasteiger partial charge in [-0.25, -0.2) is 4.98 Å². The van der Waals surface area contributed by atoms with Crippen LogP contribution in [0.1, 0.15) is 32.1 Å². The highest BCUT2D eigenvalue weighted by Gasteiger charge is 2.31. The number of amides is 1. The molecule has 0 unspecified atom stereocenters. The summed E-state index contributed by atoms with van der Waals surface area (Å²) in [6.07, 6.45) is 5.08. The van der Waals surface area contributed by atoms with Gasteiger partial charge in [0.05, 0.1) is 0 Å². The predicted octanol–water partition coefficient (Wildman–Crippen LogP) is 1.59. The molecule has 0 radical (unpaired) electrons. The highest BCUT2D eigenvalue weighted by molar-refractivity contribution is 5.85. The molecule has 2 heterocycles. The number of likely N-dealkylation sites (tertiary alicyclic amines) is 1. The van der Waals surface area contributed by atoms with Gasteiger partial charge < -0.3 is 14.4 Å². The van der Waals surface area contributed by atoms with Gasteiger partial charge in [0.2, 0.25) is 5.91 Å². The molecule has 1 aromatic heterocycles. The summed E-state index contributed by atoms with van der Waals surface area (Å²) in [5.41, 5.74) is 0. The molecule has 1 aromatic rings. The van der Waals surface area contributed by atoms with E-state index in [1.807, 2.05) is 17.3 Å². The van der Waals surface area contributed by atoms with Gasteiger partial charge >= 0.3 is 0 Å². The lowest BCUT2D eigenvalue weighted by atomic mass is 10.1. The Morgan fingerprint density at radius 2 is 2.10 bits per heavy atom. The minimum atomic E-state index is 0. The minimum Gasteiger partial charge on any atom is -0.339 e. The Kier molecular flexibility index (Phi) is 6.02. The van der Waals surface area contributed by atoms with Crippen LogP contribution in [-0.2, 0) is 11.2 Å². The van der Waals surface area contributed by atoms with E-state index in [2.05, 4.69) is 42.4 Å². The fourth-order valence-corrected chi connectivity index (χ4v) is 2.37. The number of aromatic nitrogens is 2. The Labute approximate surface area is 127 Å². The van der Waals surface area contributed by atoms with Gasteiger partial charge in [0.1, 0.15) is 5.82 Å². The van der Waals surface area contributed by atoms with E-state index in [4.69, 9.17) is 0 Å². The van der Waals surface area contributed by atoms with Crippen molar-refractivity contribution in [1.29, 1.82) is 0 Å². The van der Waals surface area contributed by atoms with Gasteiger partial charge in [0, 0.05) is 50.4 Å². The normalized spacial score (nSPS) is 15.4. The van der Waals surface area contributed by atoms with Crippen LogP contribution in [0, 0.1) is 0 Å². The average Bonchev–Trinajstić information content (AvgIpc) is 2.71. The maximum Gasteiger partial charge on any atom is 0.223 e. The quantitative estimate of drug-likeness (QED) is 0.829.